The molecule has 2 heterocycles. The molecule has 0 radical (unpaired) electrons. The Morgan fingerprint density at radius 3 is 2.50 bits per heavy atom. The molecule has 1 unspecified atom stereocenters. The number of rotatable bonds is 6. The number of aliphatic hydroxyl groups is 1. The first-order chi connectivity index (χ1) is 16.4. The second kappa shape index (κ2) is 9.19. The van der Waals surface area contributed by atoms with Crippen LogP contribution in [0, 0.1) is 0 Å². The van der Waals surface area contributed by atoms with Crippen LogP contribution in [0.5, 0.6) is 5.88 Å². The quantitative estimate of drug-likeness (QED) is 0.563. The maximum Gasteiger partial charge on any atom is 0.270 e. The molecule has 1 atom stereocenters. The van der Waals surface area contributed by atoms with Gasteiger partial charge in [-0.05, 0) is 66.8 Å². The molecule has 8 heteroatoms. The van der Waals surface area contributed by atoms with E-state index in [0.717, 1.165) is 46.7 Å². The maximum absolute atomic E-state index is 12.7. The lowest BCUT2D eigenvalue weighted by molar-refractivity contribution is -0.0387. The van der Waals surface area contributed by atoms with Crippen LogP contribution < -0.4 is 15.0 Å². The van der Waals surface area contributed by atoms with Gasteiger partial charge in [0, 0.05) is 34.2 Å². The van der Waals surface area contributed by atoms with Crippen molar-refractivity contribution in [2.45, 2.75) is 36.3 Å². The Kier molecular flexibility index (Phi) is 6.10. The SMILES string of the molecule is CS(=O)c1ccc(CNC(=O)c2ccc3c(n2)OCCN3c2ccc(C3(O)CCC3)cc2)cc1. The van der Waals surface area contributed by atoms with Gasteiger partial charge in [0.05, 0.1) is 12.1 Å². The van der Waals surface area contributed by atoms with Gasteiger partial charge in [-0.2, -0.15) is 0 Å². The monoisotopic (exact) mass is 477 g/mol. The lowest BCUT2D eigenvalue weighted by Crippen LogP contribution is -2.33. The molecule has 1 amide bonds. The molecule has 2 aliphatic rings. The van der Waals surface area contributed by atoms with Gasteiger partial charge < -0.3 is 20.1 Å². The number of carbonyl (C=O) groups excluding carboxylic acids is 1. The molecule has 3 aromatic rings. The molecule has 1 saturated carbocycles. The highest BCUT2D eigenvalue weighted by atomic mass is 32.2. The molecular weight excluding hydrogens is 450 g/mol. The van der Waals surface area contributed by atoms with Crippen molar-refractivity contribution in [1.29, 1.82) is 0 Å². The molecule has 1 aliphatic carbocycles. The maximum atomic E-state index is 12.7. The van der Waals surface area contributed by atoms with Crippen LogP contribution in [0.15, 0.2) is 65.6 Å². The number of nitrogens with one attached hydrogen (secondary N) is 1. The molecule has 2 N–H and O–H groups in total. The number of anilines is 2. The molecule has 0 saturated heterocycles. The lowest BCUT2D eigenvalue weighted by Gasteiger charge is -2.37. The fraction of sp³-hybridized carbons (Fsp3) is 0.308. The Balaban J connectivity index is 1.28. The normalized spacial score (nSPS) is 17.2. The van der Waals surface area contributed by atoms with E-state index in [9.17, 15) is 14.1 Å². The molecule has 5 rings (SSSR count). The van der Waals surface area contributed by atoms with Gasteiger partial charge in [-0.1, -0.05) is 24.3 Å². The number of fused-ring (bicyclic) bond motifs is 1. The van der Waals surface area contributed by atoms with Crippen molar-refractivity contribution in [3.8, 4) is 5.88 Å². The first kappa shape index (κ1) is 22.6. The van der Waals surface area contributed by atoms with E-state index in [1.807, 2.05) is 42.5 Å². The van der Waals surface area contributed by atoms with Crippen LogP contribution in [0.25, 0.3) is 0 Å². The molecule has 7 nitrogen and oxygen atoms in total. The smallest absolute Gasteiger partial charge is 0.270 e. The number of hydrogen-bond acceptors (Lipinski definition) is 6. The third-order valence-corrected chi connectivity index (χ3v) is 7.46. The van der Waals surface area contributed by atoms with E-state index in [1.165, 1.54) is 0 Å². The van der Waals surface area contributed by atoms with Gasteiger partial charge in [0.15, 0.2) is 0 Å². The van der Waals surface area contributed by atoms with Crippen molar-refractivity contribution in [3.05, 3.63) is 77.5 Å². The summed E-state index contributed by atoms with van der Waals surface area (Å²) in [7, 11) is -1.03. The fourth-order valence-electron chi connectivity index (χ4n) is 4.32. The summed E-state index contributed by atoms with van der Waals surface area (Å²) in [6, 6.07) is 18.9. The summed E-state index contributed by atoms with van der Waals surface area (Å²) >= 11 is 0. The van der Waals surface area contributed by atoms with Crippen LogP contribution >= 0.6 is 0 Å². The zero-order valence-electron chi connectivity index (χ0n) is 19.0. The topological polar surface area (TPSA) is 91.8 Å². The second-order valence-electron chi connectivity index (χ2n) is 8.73. The Labute approximate surface area is 201 Å². The minimum Gasteiger partial charge on any atom is -0.474 e. The average molecular weight is 478 g/mol. The molecule has 34 heavy (non-hydrogen) atoms. The molecule has 176 valence electrons. The predicted molar refractivity (Wildman–Crippen MR) is 131 cm³/mol. The highest BCUT2D eigenvalue weighted by molar-refractivity contribution is 7.84. The lowest BCUT2D eigenvalue weighted by atomic mass is 9.75. The summed E-state index contributed by atoms with van der Waals surface area (Å²) in [4.78, 5) is 20.0. The molecule has 0 bridgehead atoms. The van der Waals surface area contributed by atoms with E-state index in [-0.39, 0.29) is 11.6 Å². The minimum absolute atomic E-state index is 0.287. The van der Waals surface area contributed by atoms with Gasteiger partial charge in [0.25, 0.3) is 5.91 Å². The van der Waals surface area contributed by atoms with Crippen LogP contribution in [0.2, 0.25) is 0 Å². The van der Waals surface area contributed by atoms with Crippen molar-refractivity contribution >= 4 is 28.1 Å². The van der Waals surface area contributed by atoms with Gasteiger partial charge in [-0.3, -0.25) is 9.00 Å². The third-order valence-electron chi connectivity index (χ3n) is 6.52. The summed E-state index contributed by atoms with van der Waals surface area (Å²) in [6.45, 7) is 1.48. The van der Waals surface area contributed by atoms with Crippen molar-refractivity contribution in [2.24, 2.45) is 0 Å². The number of hydrogen-bond donors (Lipinski definition) is 2. The summed E-state index contributed by atoms with van der Waals surface area (Å²) in [6.07, 6.45) is 4.32. The van der Waals surface area contributed by atoms with E-state index in [0.29, 0.717) is 25.6 Å². The first-order valence-corrected chi connectivity index (χ1v) is 12.9. The third kappa shape index (κ3) is 4.43. The molecule has 1 fully saturated rings. The van der Waals surface area contributed by atoms with Gasteiger partial charge in [0.2, 0.25) is 5.88 Å². The number of carbonyl (C=O) groups is 1. The van der Waals surface area contributed by atoms with Crippen LogP contribution in [-0.2, 0) is 22.9 Å². The van der Waals surface area contributed by atoms with Crippen molar-refractivity contribution < 1.29 is 18.8 Å². The molecule has 1 aliphatic heterocycles. The van der Waals surface area contributed by atoms with Gasteiger partial charge in [-0.15, -0.1) is 0 Å². The van der Waals surface area contributed by atoms with Gasteiger partial charge in [0.1, 0.15) is 18.0 Å². The Morgan fingerprint density at radius 2 is 1.85 bits per heavy atom. The summed E-state index contributed by atoms with van der Waals surface area (Å²) < 4.78 is 17.3. The standard InChI is InChI=1S/C26H27N3O4S/c1-34(32)21-9-3-18(4-10-21)17-27-24(30)22-11-12-23-25(28-22)33-16-15-29(23)20-7-5-19(6-8-20)26(31)13-2-14-26/h3-12,31H,2,13-17H2,1H3,(H,27,30). The zero-order chi connectivity index (χ0) is 23.7. The minimum atomic E-state index is -1.03. The number of pyridine rings is 1. The van der Waals surface area contributed by atoms with Crippen molar-refractivity contribution in [3.63, 3.8) is 0 Å². The zero-order valence-corrected chi connectivity index (χ0v) is 19.8. The van der Waals surface area contributed by atoms with E-state index in [2.05, 4.69) is 15.2 Å². The van der Waals surface area contributed by atoms with E-state index in [4.69, 9.17) is 4.74 Å². The highest BCUT2D eigenvalue weighted by Gasteiger charge is 2.36. The van der Waals surface area contributed by atoms with E-state index >= 15 is 0 Å². The fourth-order valence-corrected chi connectivity index (χ4v) is 4.84. The summed E-state index contributed by atoms with van der Waals surface area (Å²) in [5.74, 6) is 0.139. The Morgan fingerprint density at radius 1 is 1.12 bits per heavy atom. The van der Waals surface area contributed by atoms with Crippen LogP contribution in [0.3, 0.4) is 0 Å². The number of benzene rings is 2. The van der Waals surface area contributed by atoms with E-state index in [1.54, 1.807) is 24.5 Å². The van der Waals surface area contributed by atoms with Crippen molar-refractivity contribution in [2.75, 3.05) is 24.3 Å². The highest BCUT2D eigenvalue weighted by Crippen LogP contribution is 2.42. The summed E-state index contributed by atoms with van der Waals surface area (Å²) in [5, 5.41) is 13.5. The number of amides is 1. The van der Waals surface area contributed by atoms with Gasteiger partial charge >= 0.3 is 0 Å². The molecule has 0 spiro atoms. The molecule has 1 aromatic heterocycles. The van der Waals surface area contributed by atoms with Crippen LogP contribution in [-0.4, -0.2) is 39.6 Å². The largest absolute Gasteiger partial charge is 0.474 e. The average Bonchev–Trinajstić information content (AvgIpc) is 2.85. The second-order valence-corrected chi connectivity index (χ2v) is 10.1. The predicted octanol–water partition coefficient (Wildman–Crippen LogP) is 3.65. The van der Waals surface area contributed by atoms with Crippen molar-refractivity contribution in [1.82, 2.24) is 10.3 Å². The van der Waals surface area contributed by atoms with E-state index < -0.39 is 16.4 Å². The Bertz CT molecular complexity index is 1220. The van der Waals surface area contributed by atoms with Gasteiger partial charge in [-0.25, -0.2) is 4.98 Å². The summed E-state index contributed by atoms with van der Waals surface area (Å²) in [5.41, 5.74) is 3.28. The molecule has 2 aromatic carbocycles. The first-order valence-electron chi connectivity index (χ1n) is 11.4. The number of aromatic nitrogens is 1. The number of ether oxygens (including phenoxy) is 1. The molecular formula is C26H27N3O4S. The van der Waals surface area contributed by atoms with Crippen LogP contribution in [0.4, 0.5) is 11.4 Å². The number of nitrogens with zero attached hydrogens (tertiary/aromatic N) is 2. The van der Waals surface area contributed by atoms with Crippen LogP contribution in [0.1, 0.15) is 40.9 Å². The Hall–Kier alpha value is -3.23.